The van der Waals surface area contributed by atoms with Gasteiger partial charge in [-0.1, -0.05) is 108 Å². The average molecular weight is 608 g/mol. The molecule has 0 nitrogen and oxygen atoms in total. The Morgan fingerprint density at radius 3 is 1.25 bits per heavy atom. The van der Waals surface area contributed by atoms with E-state index in [2.05, 4.69) is 108 Å². The van der Waals surface area contributed by atoms with E-state index in [1.165, 1.54) is 22.3 Å². The third-order valence-electron chi connectivity index (χ3n) is 2.24. The second kappa shape index (κ2) is 7.63. The zero-order valence-corrected chi connectivity index (χ0v) is 17.5. The van der Waals surface area contributed by atoms with Crippen LogP contribution in [-0.2, 0) is 10.7 Å². The SMILES string of the molecule is BrCc1c(C(Br)Br)ccc(C(Br)Br)c1CBr. The van der Waals surface area contributed by atoms with Crippen LogP contribution in [0.5, 0.6) is 0 Å². The first kappa shape index (κ1) is 16.2. The molecule has 16 heavy (non-hydrogen) atoms. The molecule has 90 valence electrons. The van der Waals surface area contributed by atoms with Crippen LogP contribution >= 0.6 is 95.6 Å². The van der Waals surface area contributed by atoms with Gasteiger partial charge in [-0.3, -0.25) is 0 Å². The van der Waals surface area contributed by atoms with E-state index in [9.17, 15) is 0 Å². The fourth-order valence-corrected chi connectivity index (χ4v) is 4.49. The van der Waals surface area contributed by atoms with Crippen molar-refractivity contribution >= 4 is 95.6 Å². The highest BCUT2D eigenvalue weighted by molar-refractivity contribution is 9.24. The Morgan fingerprint density at radius 1 is 0.750 bits per heavy atom. The molecule has 0 saturated heterocycles. The number of halogens is 6. The summed E-state index contributed by atoms with van der Waals surface area (Å²) in [5.41, 5.74) is 5.15. The summed E-state index contributed by atoms with van der Waals surface area (Å²) in [5.74, 6) is 0. The Bertz CT molecular complexity index is 326. The van der Waals surface area contributed by atoms with Gasteiger partial charge in [0.1, 0.15) is 0 Å². The van der Waals surface area contributed by atoms with E-state index in [4.69, 9.17) is 0 Å². The van der Waals surface area contributed by atoms with Gasteiger partial charge >= 0.3 is 0 Å². The minimum Gasteiger partial charge on any atom is -0.0876 e. The summed E-state index contributed by atoms with van der Waals surface area (Å²) < 4.78 is 0.368. The van der Waals surface area contributed by atoms with Gasteiger partial charge in [0.25, 0.3) is 0 Å². The van der Waals surface area contributed by atoms with E-state index in [1.54, 1.807) is 0 Å². The summed E-state index contributed by atoms with van der Waals surface area (Å²) >= 11 is 21.3. The highest BCUT2D eigenvalue weighted by Crippen LogP contribution is 2.40. The van der Waals surface area contributed by atoms with E-state index in [-0.39, 0.29) is 7.47 Å². The van der Waals surface area contributed by atoms with E-state index >= 15 is 0 Å². The molecule has 6 heteroatoms. The summed E-state index contributed by atoms with van der Waals surface area (Å²) in [7, 11) is 0. The molecule has 0 saturated carbocycles. The predicted molar refractivity (Wildman–Crippen MR) is 92.9 cm³/mol. The molecular formula is C10H8Br6. The molecule has 0 N–H and O–H groups in total. The minimum atomic E-state index is 0.184. The molecule has 0 bridgehead atoms. The molecular weight excluding hydrogens is 600 g/mol. The maximum absolute atomic E-state index is 3.56. The monoisotopic (exact) mass is 602 g/mol. The fraction of sp³-hybridized carbons (Fsp3) is 0.400. The van der Waals surface area contributed by atoms with Crippen molar-refractivity contribution < 1.29 is 0 Å². The normalized spacial score (nSPS) is 11.5. The third-order valence-corrected chi connectivity index (χ3v) is 5.34. The van der Waals surface area contributed by atoms with Crippen LogP contribution in [0.2, 0.25) is 0 Å². The van der Waals surface area contributed by atoms with Gasteiger partial charge < -0.3 is 0 Å². The summed E-state index contributed by atoms with van der Waals surface area (Å²) in [4.78, 5) is 0. The van der Waals surface area contributed by atoms with Crippen molar-refractivity contribution in [2.75, 3.05) is 0 Å². The lowest BCUT2D eigenvalue weighted by molar-refractivity contribution is 1.17. The molecule has 0 aliphatic heterocycles. The lowest BCUT2D eigenvalue weighted by Gasteiger charge is -2.17. The maximum Gasteiger partial charge on any atom is 0.0949 e. The lowest BCUT2D eigenvalue weighted by atomic mass is 10.00. The predicted octanol–water partition coefficient (Wildman–Crippen LogP) is 7.05. The average Bonchev–Trinajstić information content (AvgIpc) is 2.26. The quantitative estimate of drug-likeness (QED) is 0.322. The van der Waals surface area contributed by atoms with Gasteiger partial charge in [0.2, 0.25) is 0 Å². The number of rotatable bonds is 4. The van der Waals surface area contributed by atoms with Crippen molar-refractivity contribution in [1.82, 2.24) is 0 Å². The Balaban J connectivity index is 3.40. The Hall–Kier alpha value is 2.10. The van der Waals surface area contributed by atoms with Gasteiger partial charge in [-0.15, -0.1) is 0 Å². The van der Waals surface area contributed by atoms with Crippen LogP contribution in [0.3, 0.4) is 0 Å². The number of hydrogen-bond donors (Lipinski definition) is 0. The molecule has 0 amide bonds. The molecule has 0 aliphatic carbocycles. The van der Waals surface area contributed by atoms with Crippen LogP contribution < -0.4 is 0 Å². The first-order chi connectivity index (χ1) is 7.52. The van der Waals surface area contributed by atoms with Crippen LogP contribution in [0.4, 0.5) is 0 Å². The van der Waals surface area contributed by atoms with Crippen molar-refractivity contribution in [3.05, 3.63) is 34.4 Å². The Kier molecular flexibility index (Phi) is 7.71. The van der Waals surface area contributed by atoms with Crippen LogP contribution in [0.1, 0.15) is 29.7 Å². The topological polar surface area (TPSA) is 0 Å². The Morgan fingerprint density at radius 2 is 1.06 bits per heavy atom. The molecule has 0 radical (unpaired) electrons. The zero-order chi connectivity index (χ0) is 12.3. The largest absolute Gasteiger partial charge is 0.0949 e. The second-order valence-corrected chi connectivity index (χ2v) is 10.3. The Labute approximate surface area is 146 Å². The molecule has 0 aromatic heterocycles. The maximum atomic E-state index is 3.56. The van der Waals surface area contributed by atoms with Crippen molar-refractivity contribution in [1.29, 1.82) is 0 Å². The lowest BCUT2D eigenvalue weighted by Crippen LogP contribution is -2.01. The number of alkyl halides is 6. The second-order valence-electron chi connectivity index (χ2n) is 3.07. The summed E-state index contributed by atoms with van der Waals surface area (Å²) in [6.07, 6.45) is 0. The summed E-state index contributed by atoms with van der Waals surface area (Å²) in [5, 5.41) is 1.69. The fourth-order valence-electron chi connectivity index (χ4n) is 1.45. The van der Waals surface area contributed by atoms with Gasteiger partial charge in [0, 0.05) is 10.7 Å². The van der Waals surface area contributed by atoms with Crippen molar-refractivity contribution in [3.63, 3.8) is 0 Å². The smallest absolute Gasteiger partial charge is 0.0876 e. The number of benzene rings is 1. The molecule has 1 aromatic rings. The molecule has 0 unspecified atom stereocenters. The highest BCUT2D eigenvalue weighted by Gasteiger charge is 2.17. The van der Waals surface area contributed by atoms with E-state index in [1.807, 2.05) is 0 Å². The zero-order valence-electron chi connectivity index (χ0n) is 7.99. The van der Waals surface area contributed by atoms with Crippen molar-refractivity contribution in [2.24, 2.45) is 0 Å². The van der Waals surface area contributed by atoms with E-state index < -0.39 is 0 Å². The summed E-state index contributed by atoms with van der Waals surface area (Å²) in [6.45, 7) is 0. The van der Waals surface area contributed by atoms with Crippen molar-refractivity contribution in [2.45, 2.75) is 18.1 Å². The van der Waals surface area contributed by atoms with E-state index in [0.717, 1.165) is 10.7 Å². The van der Waals surface area contributed by atoms with Gasteiger partial charge in [-0.25, -0.2) is 0 Å². The third kappa shape index (κ3) is 3.80. The van der Waals surface area contributed by atoms with Crippen LogP contribution in [-0.4, -0.2) is 0 Å². The van der Waals surface area contributed by atoms with Crippen LogP contribution in [0, 0.1) is 0 Å². The first-order valence-corrected chi connectivity index (χ1v) is 10.3. The molecule has 0 spiro atoms. The molecule has 0 fully saturated rings. The van der Waals surface area contributed by atoms with E-state index in [0.29, 0.717) is 0 Å². The van der Waals surface area contributed by atoms with Crippen LogP contribution in [0.25, 0.3) is 0 Å². The van der Waals surface area contributed by atoms with Gasteiger partial charge in [-0.05, 0) is 22.3 Å². The standard InChI is InChI=1S/C10H8Br6/c11-3-7-5(9(13)14)1-2-6(10(15)16)8(7)4-12/h1-2,9-10H,3-4H2. The molecule has 0 atom stereocenters. The van der Waals surface area contributed by atoms with Crippen LogP contribution in [0.15, 0.2) is 12.1 Å². The van der Waals surface area contributed by atoms with Gasteiger partial charge in [-0.2, -0.15) is 0 Å². The summed E-state index contributed by atoms with van der Waals surface area (Å²) in [6, 6.07) is 4.28. The van der Waals surface area contributed by atoms with Crippen molar-refractivity contribution in [3.8, 4) is 0 Å². The molecule has 0 heterocycles. The molecule has 1 rings (SSSR count). The highest BCUT2D eigenvalue weighted by atomic mass is 79.9. The molecule has 1 aromatic carbocycles. The number of hydrogen-bond acceptors (Lipinski definition) is 0. The first-order valence-electron chi connectivity index (χ1n) is 4.35. The molecule has 0 aliphatic rings. The minimum absolute atomic E-state index is 0.184. The van der Waals surface area contributed by atoms with Gasteiger partial charge in [0.15, 0.2) is 0 Å². The van der Waals surface area contributed by atoms with Gasteiger partial charge in [0.05, 0.1) is 7.47 Å².